The molecule has 38 nitrogen and oxygen atoms in total. The van der Waals surface area contributed by atoms with Gasteiger partial charge >= 0.3 is 11.9 Å². The third-order valence-corrected chi connectivity index (χ3v) is 23.6. The number of aromatic nitrogens is 6. The second-order valence-electron chi connectivity index (χ2n) is 31.8. The number of benzene rings is 6. The predicted molar refractivity (Wildman–Crippen MR) is 485 cm³/mol. The number of carboxylic acids is 2. The van der Waals surface area contributed by atoms with E-state index in [0.29, 0.717) is 79.5 Å². The fourth-order valence-corrected chi connectivity index (χ4v) is 16.5. The molecule has 0 radical (unpaired) electrons. The van der Waals surface area contributed by atoms with E-state index in [-0.39, 0.29) is 117 Å². The fraction of sp³-hybridized carbons (Fsp3) is 0.326. The van der Waals surface area contributed by atoms with Gasteiger partial charge in [0, 0.05) is 125 Å². The van der Waals surface area contributed by atoms with E-state index >= 15 is 0 Å². The zero-order valence-corrected chi connectivity index (χ0v) is 72.3. The van der Waals surface area contributed by atoms with Crippen molar-refractivity contribution in [3.8, 4) is 0 Å². The number of nitrogens with two attached hydrogens (primary N) is 2. The van der Waals surface area contributed by atoms with Crippen LogP contribution in [0, 0.1) is 24.2 Å². The quantitative estimate of drug-likeness (QED) is 0.00444. The maximum atomic E-state index is 14.2. The highest BCUT2D eigenvalue weighted by molar-refractivity contribution is 8.00. The highest BCUT2D eigenvalue weighted by atomic mass is 35.5. The minimum atomic E-state index is -1.83. The molecule has 7 atom stereocenters. The molecule has 11 amide bonds. The van der Waals surface area contributed by atoms with E-state index in [2.05, 4.69) is 95.1 Å². The molecular formula is C89H96ClN21O17S. The summed E-state index contributed by atoms with van der Waals surface area (Å²) < 4.78 is 0. The number of H-pyrrole nitrogens is 3. The lowest BCUT2D eigenvalue weighted by Crippen LogP contribution is -2.55. The summed E-state index contributed by atoms with van der Waals surface area (Å²) in [6, 6.07) is 31.0. The first-order chi connectivity index (χ1) is 61.6. The number of carboxylic acid groups (broad SMARTS) is 2. The van der Waals surface area contributed by atoms with E-state index in [1.165, 1.54) is 25.3 Å². The lowest BCUT2D eigenvalue weighted by Gasteiger charge is -2.24. The van der Waals surface area contributed by atoms with Crippen molar-refractivity contribution in [1.82, 2.24) is 66.8 Å². The molecule has 6 aromatic carbocycles. The number of likely N-dealkylation sites (tertiary alicyclic amines) is 1. The van der Waals surface area contributed by atoms with Crippen molar-refractivity contribution in [2.24, 2.45) is 22.7 Å². The molecule has 0 spiro atoms. The number of hydrazone groups is 1. The Morgan fingerprint density at radius 3 is 2.02 bits per heavy atom. The van der Waals surface area contributed by atoms with Gasteiger partial charge in [0.1, 0.15) is 29.5 Å². The van der Waals surface area contributed by atoms with Gasteiger partial charge in [-0.2, -0.15) is 10.1 Å². The number of carbonyl (C=O) groups is 14. The first kappa shape index (κ1) is 93.4. The molecule has 0 saturated carbocycles. The van der Waals surface area contributed by atoms with Crippen LogP contribution >= 0.6 is 23.4 Å². The topological polar surface area (TPSA) is 586 Å². The molecular weight excluding hydrogens is 1700 g/mol. The number of hydrogen-bond acceptors (Lipinski definition) is 23. The molecule has 4 aromatic heterocycles. The van der Waals surface area contributed by atoms with Crippen molar-refractivity contribution in [2.45, 2.75) is 141 Å². The number of anilines is 5. The summed E-state index contributed by atoms with van der Waals surface area (Å²) in [4.78, 5) is 224. The number of nitrogens with zero attached hydrogens (tertiary/aromatic N) is 6. The molecule has 1 fully saturated rings. The van der Waals surface area contributed by atoms with Crippen molar-refractivity contribution >= 4 is 190 Å². The van der Waals surface area contributed by atoms with Crippen molar-refractivity contribution < 1.29 is 77.3 Å². The van der Waals surface area contributed by atoms with Crippen molar-refractivity contribution in [2.75, 3.05) is 57.9 Å². The molecule has 2 aliphatic heterocycles. The van der Waals surface area contributed by atoms with Gasteiger partial charge in [-0.1, -0.05) is 56.7 Å². The Labute approximate surface area is 745 Å². The smallest absolute Gasteiger partial charge is 0.307 e. The van der Waals surface area contributed by atoms with Gasteiger partial charge < -0.3 is 79.1 Å². The summed E-state index contributed by atoms with van der Waals surface area (Å²) in [7, 11) is 0. The minimum absolute atomic E-state index is 0.0195. The van der Waals surface area contributed by atoms with Gasteiger partial charge in [-0.05, 0) is 164 Å². The first-order valence-electron chi connectivity index (χ1n) is 41.5. The highest BCUT2D eigenvalue weighted by Gasteiger charge is 2.41. The van der Waals surface area contributed by atoms with Gasteiger partial charge in [-0.25, -0.2) is 15.4 Å². The fourth-order valence-electron chi connectivity index (χ4n) is 15.0. The summed E-state index contributed by atoms with van der Waals surface area (Å²) in [6.07, 6.45) is -0.729. The molecule has 129 heavy (non-hydrogen) atoms. The summed E-state index contributed by atoms with van der Waals surface area (Å²) in [5, 5.41) is 56.1. The third kappa shape index (κ3) is 23.7. The number of thioether (sulfide) groups is 1. The average molecular weight is 1800 g/mol. The standard InChI is InChI=1S/C89H96ClN21O17S/c1-44(2)76(84(123)100-57-25-26-61-51(32-57)34-65(101-61)83(122)99-56-24-27-62-52(33-56)35-66(102-62)86(125)111-42-54(39-90)75-60-12-7-6-11-59(60)45(3)31-67(75)111)105-81(120)50-18-16-48(17-19-50)46(4)108-109-72(114)28-30-110-73(115)38-69(87(110)126)129-43-53(88(127)128)36-68(112)64(37-74(116)117)104-82(121)63(13-8-9-14-70(91)92)103-79(118)47(5)97-71(113)15-10-29-94-80(119)49-20-22-55(23-21-49)95-40-58-41-96-78-77(98-58)85(124)107-89(93)106-78/h6-7,11-12,16-27,31-35,41,44,47,53-54,63-64,69,76,95,101-102H,8-10,13-15,28-30,36-40,42-43H2,1-5H3,(H3,91,92)(H,94,119)(H,97,113)(H,99,122)(H,100,123)(H,103,118)(H,104,121)(H,105,120)(H,109,114)(H,116,117)(H,127,128)(H3,93,96,106,107,124)/b108-46-/t47-,53?,54?,63+,64+,69?,76-/m0/s1. The lowest BCUT2D eigenvalue weighted by molar-refractivity contribution is -0.144. The number of nitrogens with one attached hydrogen (secondary N) is 13. The van der Waals surface area contributed by atoms with Crippen LogP contribution in [0.5, 0.6) is 0 Å². The molecule has 672 valence electrons. The number of ketones is 1. The Kier molecular flexibility index (Phi) is 30.4. The number of aromatic amines is 3. The van der Waals surface area contributed by atoms with E-state index in [1.807, 2.05) is 25.1 Å². The van der Waals surface area contributed by atoms with Crippen LogP contribution in [-0.2, 0) is 54.5 Å². The Morgan fingerprint density at radius 2 is 1.33 bits per heavy atom. The normalized spacial score (nSPS) is 14.9. The van der Waals surface area contributed by atoms with Crippen molar-refractivity contribution in [1.29, 1.82) is 5.41 Å². The number of amidine groups is 1. The van der Waals surface area contributed by atoms with Crippen LogP contribution in [0.2, 0.25) is 0 Å². The van der Waals surface area contributed by atoms with E-state index in [1.54, 1.807) is 111 Å². The van der Waals surface area contributed by atoms with Crippen LogP contribution in [0.15, 0.2) is 143 Å². The second-order valence-corrected chi connectivity index (χ2v) is 33.3. The number of alkyl halides is 1. The average Bonchev–Trinajstić information content (AvgIpc) is 1.59. The van der Waals surface area contributed by atoms with Crippen molar-refractivity contribution in [3.63, 3.8) is 0 Å². The summed E-state index contributed by atoms with van der Waals surface area (Å²) >= 11 is 7.25. The Balaban J connectivity index is 0.558. The largest absolute Gasteiger partial charge is 0.481 e. The van der Waals surface area contributed by atoms with Gasteiger partial charge in [0.15, 0.2) is 16.9 Å². The highest BCUT2D eigenvalue weighted by Crippen LogP contribution is 2.44. The Morgan fingerprint density at radius 1 is 0.682 bits per heavy atom. The number of carbonyl (C=O) groups excluding carboxylic acids is 12. The van der Waals surface area contributed by atoms with Gasteiger partial charge in [-0.3, -0.25) is 87.2 Å². The molecule has 40 heteroatoms. The van der Waals surface area contributed by atoms with Crippen LogP contribution < -0.4 is 69.9 Å². The molecule has 6 heterocycles. The second kappa shape index (κ2) is 42.0. The van der Waals surface area contributed by atoms with Gasteiger partial charge in [-0.15, -0.1) is 23.4 Å². The summed E-state index contributed by atoms with van der Waals surface area (Å²) in [5.74, 6) is -13.2. The molecule has 0 aliphatic carbocycles. The lowest BCUT2D eigenvalue weighted by atomic mass is 9.93. The van der Waals surface area contributed by atoms with E-state index in [0.717, 1.165) is 44.2 Å². The number of aryl methyl sites for hydroxylation is 1. The van der Waals surface area contributed by atoms with Crippen molar-refractivity contribution in [3.05, 3.63) is 189 Å². The third-order valence-electron chi connectivity index (χ3n) is 21.9. The SMILES string of the molecule is C/C(=N/NC(=O)CCN1C(=O)CC(SCC(CC(=O)[C@@H](CC(=O)O)NC(=O)[C@@H](CCCCC(=N)N)NC(=O)[C@H](C)NC(=O)CCCNC(=O)c2ccc(NCc3cnc4nc(N)[nH]c(=O)c4n3)cc2)C(=O)O)C1=O)c1ccc(C(=O)N[C@H](C(=O)Nc2ccc3[nH]c(C(=O)Nc4ccc5[nH]c(C(=O)N6CC(CCl)c7c6cc(C)c6ccccc76)cc5c4)cc3c2)C(C)C)cc1. The molecule has 2 aliphatic rings. The number of fused-ring (bicyclic) bond motifs is 6. The molecule has 10 aromatic rings. The number of halogens is 1. The number of unbranched alkanes of at least 4 members (excludes halogenated alkanes) is 1. The van der Waals surface area contributed by atoms with Gasteiger partial charge in [0.2, 0.25) is 47.3 Å². The van der Waals surface area contributed by atoms with E-state index < -0.39 is 143 Å². The van der Waals surface area contributed by atoms with E-state index in [9.17, 15) is 82.1 Å². The number of aliphatic carboxylic acids is 2. The van der Waals surface area contributed by atoms with Gasteiger partial charge in [0.05, 0.1) is 53.6 Å². The summed E-state index contributed by atoms with van der Waals surface area (Å²) in [5.41, 5.74) is 21.2. The number of amides is 11. The maximum absolute atomic E-state index is 14.2. The van der Waals surface area contributed by atoms with Gasteiger partial charge in [0.25, 0.3) is 29.2 Å². The minimum Gasteiger partial charge on any atom is -0.481 e. The Hall–Kier alpha value is -14.8. The van der Waals surface area contributed by atoms with Crippen LogP contribution in [0.4, 0.5) is 28.7 Å². The number of rotatable bonds is 41. The molecule has 1 saturated heterocycles. The maximum Gasteiger partial charge on any atom is 0.307 e. The first-order valence-corrected chi connectivity index (χ1v) is 43.1. The van der Waals surface area contributed by atoms with Crippen LogP contribution in [0.3, 0.4) is 0 Å². The predicted octanol–water partition coefficient (Wildman–Crippen LogP) is 7.37. The van der Waals surface area contributed by atoms with E-state index in [4.69, 9.17) is 28.5 Å². The monoisotopic (exact) mass is 1800 g/mol. The molecule has 3 unspecified atom stereocenters. The number of Topliss-reactive ketones (excluding diaryl/α,β-unsaturated/α-hetero) is 1. The molecule has 12 rings (SSSR count). The van der Waals surface area contributed by atoms with Crippen LogP contribution in [-0.4, -0.2) is 200 Å². The number of nitrogen functional groups attached to an aromatic ring is 1. The summed E-state index contributed by atoms with van der Waals surface area (Å²) in [6.45, 7) is 8.78. The van der Waals surface area contributed by atoms with Crippen LogP contribution in [0.25, 0.3) is 43.7 Å². The number of hydrogen-bond donors (Lipinski definition) is 17. The zero-order valence-electron chi connectivity index (χ0n) is 70.8. The molecule has 0 bridgehead atoms. The van der Waals surface area contributed by atoms with Crippen LogP contribution in [0.1, 0.15) is 162 Å². The number of imide groups is 1. The Bertz CT molecular complexity index is 6170. The zero-order chi connectivity index (χ0) is 92.6. The molecule has 19 N–H and O–H groups in total.